The van der Waals surface area contributed by atoms with Crippen LogP contribution in [0.3, 0.4) is 0 Å². The molecule has 5 nitrogen and oxygen atoms in total. The van der Waals surface area contributed by atoms with Crippen LogP contribution in [0.1, 0.15) is 15.9 Å². The number of phenols is 1. The van der Waals surface area contributed by atoms with Gasteiger partial charge in [0.1, 0.15) is 12.2 Å². The number of para-hydroxylation sites is 2. The zero-order valence-corrected chi connectivity index (χ0v) is 10.9. The summed E-state index contributed by atoms with van der Waals surface area (Å²) in [7, 11) is 0. The van der Waals surface area contributed by atoms with Gasteiger partial charge in [-0.2, -0.15) is 0 Å². The number of benzene rings is 2. The molecule has 0 atom stereocenters. The molecular formula is C16H12O5. The summed E-state index contributed by atoms with van der Waals surface area (Å²) in [5.41, 5.74) is 1.45. The molecule has 2 N–H and O–H groups in total. The third kappa shape index (κ3) is 2.53. The van der Waals surface area contributed by atoms with Gasteiger partial charge in [-0.05, 0) is 30.3 Å². The van der Waals surface area contributed by atoms with E-state index >= 15 is 0 Å². The minimum atomic E-state index is -1.000. The SMILES string of the molecule is O=C(O)c1ccc2c(COc3ccccc3O)coc2c1. The van der Waals surface area contributed by atoms with Crippen LogP contribution in [-0.4, -0.2) is 16.2 Å². The molecule has 2 aromatic carbocycles. The van der Waals surface area contributed by atoms with E-state index in [0.717, 1.165) is 10.9 Å². The molecule has 0 amide bonds. The van der Waals surface area contributed by atoms with Gasteiger partial charge in [0.05, 0.1) is 11.8 Å². The summed E-state index contributed by atoms with van der Waals surface area (Å²) in [6.45, 7) is 0.219. The van der Waals surface area contributed by atoms with Gasteiger partial charge in [-0.25, -0.2) is 4.79 Å². The zero-order valence-electron chi connectivity index (χ0n) is 10.9. The van der Waals surface area contributed by atoms with Crippen LogP contribution in [0.15, 0.2) is 53.1 Å². The van der Waals surface area contributed by atoms with E-state index in [0.29, 0.717) is 11.3 Å². The molecule has 106 valence electrons. The van der Waals surface area contributed by atoms with Crippen LogP contribution in [0.5, 0.6) is 11.5 Å². The van der Waals surface area contributed by atoms with Crippen molar-refractivity contribution in [2.45, 2.75) is 6.61 Å². The predicted molar refractivity (Wildman–Crippen MR) is 75.6 cm³/mol. The summed E-state index contributed by atoms with van der Waals surface area (Å²) >= 11 is 0. The fourth-order valence-electron chi connectivity index (χ4n) is 2.06. The number of aromatic carboxylic acids is 1. The lowest BCUT2D eigenvalue weighted by molar-refractivity contribution is 0.0697. The average Bonchev–Trinajstić information content (AvgIpc) is 2.88. The molecule has 0 spiro atoms. The Balaban J connectivity index is 1.85. The Bertz CT molecular complexity index is 803. The zero-order chi connectivity index (χ0) is 14.8. The van der Waals surface area contributed by atoms with Gasteiger partial charge in [0.15, 0.2) is 11.5 Å². The van der Waals surface area contributed by atoms with Crippen molar-refractivity contribution >= 4 is 16.9 Å². The Hall–Kier alpha value is -2.95. The van der Waals surface area contributed by atoms with E-state index in [2.05, 4.69) is 0 Å². The van der Waals surface area contributed by atoms with Gasteiger partial charge in [0.25, 0.3) is 0 Å². The van der Waals surface area contributed by atoms with Crippen molar-refractivity contribution < 1.29 is 24.2 Å². The summed E-state index contributed by atoms with van der Waals surface area (Å²) in [6.07, 6.45) is 1.52. The van der Waals surface area contributed by atoms with Gasteiger partial charge in [-0.3, -0.25) is 0 Å². The first kappa shape index (κ1) is 13.1. The maximum atomic E-state index is 10.9. The van der Waals surface area contributed by atoms with Gasteiger partial charge < -0.3 is 19.4 Å². The second-order valence-electron chi connectivity index (χ2n) is 4.53. The normalized spacial score (nSPS) is 10.7. The topological polar surface area (TPSA) is 79.9 Å². The fraction of sp³-hybridized carbons (Fsp3) is 0.0625. The van der Waals surface area contributed by atoms with Gasteiger partial charge >= 0.3 is 5.97 Å². The monoisotopic (exact) mass is 284 g/mol. The molecule has 0 radical (unpaired) electrons. The second kappa shape index (κ2) is 5.20. The molecular weight excluding hydrogens is 272 g/mol. The molecule has 21 heavy (non-hydrogen) atoms. The van der Waals surface area contributed by atoms with Crippen LogP contribution >= 0.6 is 0 Å². The van der Waals surface area contributed by atoms with Crippen LogP contribution in [0.25, 0.3) is 11.0 Å². The number of carbonyl (C=O) groups is 1. The van der Waals surface area contributed by atoms with Crippen molar-refractivity contribution in [2.75, 3.05) is 0 Å². The summed E-state index contributed by atoms with van der Waals surface area (Å²) in [4.78, 5) is 10.9. The van der Waals surface area contributed by atoms with Crippen LogP contribution in [0.2, 0.25) is 0 Å². The molecule has 0 saturated heterocycles. The molecule has 0 unspecified atom stereocenters. The Kier molecular flexibility index (Phi) is 3.23. The van der Waals surface area contributed by atoms with E-state index in [-0.39, 0.29) is 17.9 Å². The van der Waals surface area contributed by atoms with E-state index in [1.165, 1.54) is 18.4 Å². The number of carboxylic acid groups (broad SMARTS) is 1. The molecule has 1 heterocycles. The number of rotatable bonds is 4. The van der Waals surface area contributed by atoms with Gasteiger partial charge in [-0.15, -0.1) is 0 Å². The summed E-state index contributed by atoms with van der Waals surface area (Å²) in [5.74, 6) is -0.548. The Morgan fingerprint density at radius 2 is 2.00 bits per heavy atom. The minimum absolute atomic E-state index is 0.0680. The number of carboxylic acids is 1. The lowest BCUT2D eigenvalue weighted by atomic mass is 10.1. The van der Waals surface area contributed by atoms with Crippen LogP contribution in [-0.2, 0) is 6.61 Å². The molecule has 0 fully saturated rings. The highest BCUT2D eigenvalue weighted by molar-refractivity contribution is 5.93. The molecule has 5 heteroatoms. The van der Waals surface area contributed by atoms with E-state index in [4.69, 9.17) is 14.3 Å². The van der Waals surface area contributed by atoms with Crippen molar-refractivity contribution in [1.82, 2.24) is 0 Å². The van der Waals surface area contributed by atoms with Crippen molar-refractivity contribution in [2.24, 2.45) is 0 Å². The van der Waals surface area contributed by atoms with Crippen molar-refractivity contribution in [3.63, 3.8) is 0 Å². The highest BCUT2D eigenvalue weighted by atomic mass is 16.5. The smallest absolute Gasteiger partial charge is 0.335 e. The summed E-state index contributed by atoms with van der Waals surface area (Å²) in [5, 5.41) is 19.4. The Morgan fingerprint density at radius 1 is 1.19 bits per heavy atom. The molecule has 1 aromatic heterocycles. The Morgan fingerprint density at radius 3 is 2.76 bits per heavy atom. The van der Waals surface area contributed by atoms with Crippen LogP contribution in [0, 0.1) is 0 Å². The van der Waals surface area contributed by atoms with E-state index in [1.54, 1.807) is 30.3 Å². The molecule has 3 aromatic rings. The van der Waals surface area contributed by atoms with Gasteiger partial charge in [0, 0.05) is 10.9 Å². The van der Waals surface area contributed by atoms with Crippen LogP contribution < -0.4 is 4.74 Å². The first-order valence-electron chi connectivity index (χ1n) is 6.29. The van der Waals surface area contributed by atoms with E-state index < -0.39 is 5.97 Å². The summed E-state index contributed by atoms with van der Waals surface area (Å²) in [6, 6.07) is 11.4. The van der Waals surface area contributed by atoms with Gasteiger partial charge in [0.2, 0.25) is 0 Å². The van der Waals surface area contributed by atoms with Crippen molar-refractivity contribution in [1.29, 1.82) is 0 Å². The molecule has 0 aliphatic rings. The number of furan rings is 1. The molecule has 0 saturated carbocycles. The average molecular weight is 284 g/mol. The highest BCUT2D eigenvalue weighted by Gasteiger charge is 2.11. The number of hydrogen-bond donors (Lipinski definition) is 2. The predicted octanol–water partition coefficient (Wildman–Crippen LogP) is 3.42. The molecule has 0 aliphatic heterocycles. The Labute approximate surface area is 120 Å². The largest absolute Gasteiger partial charge is 0.504 e. The summed E-state index contributed by atoms with van der Waals surface area (Å²) < 4.78 is 10.9. The number of phenolic OH excluding ortho intramolecular Hbond substituents is 1. The van der Waals surface area contributed by atoms with E-state index in [9.17, 15) is 9.90 Å². The highest BCUT2D eigenvalue weighted by Crippen LogP contribution is 2.28. The van der Waals surface area contributed by atoms with Crippen molar-refractivity contribution in [3.8, 4) is 11.5 Å². The van der Waals surface area contributed by atoms with Gasteiger partial charge in [-0.1, -0.05) is 12.1 Å². The number of fused-ring (bicyclic) bond motifs is 1. The first-order valence-corrected chi connectivity index (χ1v) is 6.29. The second-order valence-corrected chi connectivity index (χ2v) is 4.53. The first-order chi connectivity index (χ1) is 10.1. The third-order valence-corrected chi connectivity index (χ3v) is 3.15. The maximum Gasteiger partial charge on any atom is 0.335 e. The molecule has 0 aliphatic carbocycles. The standard InChI is InChI=1S/C16H12O5/c17-13-3-1-2-4-14(13)20-8-11-9-21-15-7-10(16(18)19)5-6-12(11)15/h1-7,9,17H,8H2,(H,18,19). The van der Waals surface area contributed by atoms with E-state index in [1.807, 2.05) is 0 Å². The maximum absolute atomic E-state index is 10.9. The number of ether oxygens (including phenoxy) is 1. The molecule has 0 bridgehead atoms. The number of hydrogen-bond acceptors (Lipinski definition) is 4. The lowest BCUT2D eigenvalue weighted by Crippen LogP contribution is -1.96. The van der Waals surface area contributed by atoms with Crippen LogP contribution in [0.4, 0.5) is 0 Å². The fourth-order valence-corrected chi connectivity index (χ4v) is 2.06. The van der Waals surface area contributed by atoms with Crippen molar-refractivity contribution in [3.05, 3.63) is 59.9 Å². The third-order valence-electron chi connectivity index (χ3n) is 3.15. The number of aromatic hydroxyl groups is 1. The quantitative estimate of drug-likeness (QED) is 0.767. The molecule has 3 rings (SSSR count). The lowest BCUT2D eigenvalue weighted by Gasteiger charge is -2.06. The minimum Gasteiger partial charge on any atom is -0.504 e.